The van der Waals surface area contributed by atoms with Gasteiger partial charge in [0.25, 0.3) is 0 Å². The molecule has 3 nitrogen and oxygen atoms in total. The van der Waals surface area contributed by atoms with E-state index in [-0.39, 0.29) is 5.82 Å². The zero-order valence-electron chi connectivity index (χ0n) is 9.97. The zero-order valence-corrected chi connectivity index (χ0v) is 9.97. The number of nitrogens with zero attached hydrogens (tertiary/aromatic N) is 1. The lowest BCUT2D eigenvalue weighted by Crippen LogP contribution is -2.21. The number of benzene rings is 1. The van der Waals surface area contributed by atoms with Crippen molar-refractivity contribution in [1.29, 1.82) is 0 Å². The highest BCUT2D eigenvalue weighted by atomic mass is 19.1. The van der Waals surface area contributed by atoms with Gasteiger partial charge in [-0.1, -0.05) is 12.1 Å². The third-order valence-electron chi connectivity index (χ3n) is 2.38. The standard InChI is InChI=1S/C14H15FN2O/c15-12-4-3-6-14(10-12)18-9-8-16-11-13-5-1-2-7-17-13/h1-7,10,16H,8-9,11H2. The van der Waals surface area contributed by atoms with Crippen molar-refractivity contribution in [3.05, 3.63) is 60.2 Å². The van der Waals surface area contributed by atoms with Gasteiger partial charge in [-0.25, -0.2) is 4.39 Å². The van der Waals surface area contributed by atoms with Crippen LogP contribution in [0.25, 0.3) is 0 Å². The second kappa shape index (κ2) is 6.71. The summed E-state index contributed by atoms with van der Waals surface area (Å²) in [6, 6.07) is 11.9. The highest BCUT2D eigenvalue weighted by Crippen LogP contribution is 2.11. The largest absolute Gasteiger partial charge is 0.492 e. The van der Waals surface area contributed by atoms with Crippen LogP contribution >= 0.6 is 0 Å². The van der Waals surface area contributed by atoms with Gasteiger partial charge in [0, 0.05) is 25.4 Å². The molecule has 1 aromatic carbocycles. The fraction of sp³-hybridized carbons (Fsp3) is 0.214. The molecule has 18 heavy (non-hydrogen) atoms. The Morgan fingerprint density at radius 1 is 1.17 bits per heavy atom. The average molecular weight is 246 g/mol. The molecule has 4 heteroatoms. The Hall–Kier alpha value is -1.94. The van der Waals surface area contributed by atoms with Crippen molar-refractivity contribution < 1.29 is 9.13 Å². The van der Waals surface area contributed by atoms with Gasteiger partial charge in [-0.3, -0.25) is 4.98 Å². The molecule has 0 atom stereocenters. The summed E-state index contributed by atoms with van der Waals surface area (Å²) in [5.41, 5.74) is 0.989. The minimum Gasteiger partial charge on any atom is -0.492 e. The number of ether oxygens (including phenoxy) is 1. The van der Waals surface area contributed by atoms with Crippen molar-refractivity contribution in [3.63, 3.8) is 0 Å². The van der Waals surface area contributed by atoms with Crippen molar-refractivity contribution in [2.75, 3.05) is 13.2 Å². The Morgan fingerprint density at radius 3 is 2.89 bits per heavy atom. The van der Waals surface area contributed by atoms with E-state index >= 15 is 0 Å². The first kappa shape index (κ1) is 12.5. The molecule has 0 saturated carbocycles. The molecule has 0 radical (unpaired) electrons. The van der Waals surface area contributed by atoms with Crippen LogP contribution < -0.4 is 10.1 Å². The first-order valence-corrected chi connectivity index (χ1v) is 5.83. The molecule has 94 valence electrons. The molecule has 0 amide bonds. The van der Waals surface area contributed by atoms with E-state index < -0.39 is 0 Å². The van der Waals surface area contributed by atoms with E-state index in [1.807, 2.05) is 18.2 Å². The predicted octanol–water partition coefficient (Wildman–Crippen LogP) is 2.39. The van der Waals surface area contributed by atoms with E-state index in [9.17, 15) is 4.39 Å². The van der Waals surface area contributed by atoms with Crippen LogP contribution in [0.1, 0.15) is 5.69 Å². The summed E-state index contributed by atoms with van der Waals surface area (Å²) in [4.78, 5) is 4.19. The molecular weight excluding hydrogens is 231 g/mol. The van der Waals surface area contributed by atoms with Crippen LogP contribution in [0.5, 0.6) is 5.75 Å². The molecule has 0 spiro atoms. The predicted molar refractivity (Wildman–Crippen MR) is 67.8 cm³/mol. The lowest BCUT2D eigenvalue weighted by atomic mass is 10.3. The molecule has 0 unspecified atom stereocenters. The van der Waals surface area contributed by atoms with E-state index in [1.54, 1.807) is 18.3 Å². The van der Waals surface area contributed by atoms with Gasteiger partial charge in [0.15, 0.2) is 0 Å². The number of aromatic nitrogens is 1. The van der Waals surface area contributed by atoms with E-state index in [1.165, 1.54) is 12.1 Å². The van der Waals surface area contributed by atoms with Crippen LogP contribution in [-0.2, 0) is 6.54 Å². The summed E-state index contributed by atoms with van der Waals surface area (Å²) in [5, 5.41) is 3.21. The van der Waals surface area contributed by atoms with Crippen LogP contribution in [0.3, 0.4) is 0 Å². The fourth-order valence-corrected chi connectivity index (χ4v) is 1.52. The number of pyridine rings is 1. The minimum atomic E-state index is -0.283. The third kappa shape index (κ3) is 4.14. The van der Waals surface area contributed by atoms with Gasteiger partial charge in [0.1, 0.15) is 18.2 Å². The summed E-state index contributed by atoms with van der Waals surface area (Å²) < 4.78 is 18.3. The Kier molecular flexibility index (Phi) is 4.67. The third-order valence-corrected chi connectivity index (χ3v) is 2.38. The molecule has 1 N–H and O–H groups in total. The molecule has 0 bridgehead atoms. The van der Waals surface area contributed by atoms with Gasteiger partial charge < -0.3 is 10.1 Å². The molecule has 2 rings (SSSR count). The number of rotatable bonds is 6. The van der Waals surface area contributed by atoms with Crippen LogP contribution in [0.2, 0.25) is 0 Å². The Bertz CT molecular complexity index is 476. The summed E-state index contributed by atoms with van der Waals surface area (Å²) in [6.45, 7) is 1.89. The summed E-state index contributed by atoms with van der Waals surface area (Å²) in [5.74, 6) is 0.267. The molecule has 0 fully saturated rings. The zero-order chi connectivity index (χ0) is 12.6. The molecule has 1 aromatic heterocycles. The van der Waals surface area contributed by atoms with Crippen molar-refractivity contribution in [2.45, 2.75) is 6.54 Å². The van der Waals surface area contributed by atoms with Crippen molar-refractivity contribution in [2.24, 2.45) is 0 Å². The lowest BCUT2D eigenvalue weighted by molar-refractivity contribution is 0.312. The maximum Gasteiger partial charge on any atom is 0.126 e. The number of halogens is 1. The molecule has 0 aliphatic rings. The van der Waals surface area contributed by atoms with Gasteiger partial charge in [-0.15, -0.1) is 0 Å². The molecular formula is C14H15FN2O. The SMILES string of the molecule is Fc1cccc(OCCNCc2ccccn2)c1. The number of nitrogens with one attached hydrogen (secondary N) is 1. The highest BCUT2D eigenvalue weighted by molar-refractivity contribution is 5.22. The average Bonchev–Trinajstić information content (AvgIpc) is 2.40. The van der Waals surface area contributed by atoms with Crippen molar-refractivity contribution in [3.8, 4) is 5.75 Å². The first-order valence-electron chi connectivity index (χ1n) is 5.83. The number of hydrogen-bond acceptors (Lipinski definition) is 3. The Morgan fingerprint density at radius 2 is 2.11 bits per heavy atom. The van der Waals surface area contributed by atoms with Gasteiger partial charge in [0.05, 0.1) is 5.69 Å². The summed E-state index contributed by atoms with van der Waals surface area (Å²) >= 11 is 0. The quantitative estimate of drug-likeness (QED) is 0.795. The highest BCUT2D eigenvalue weighted by Gasteiger charge is 1.96. The van der Waals surface area contributed by atoms with Crippen LogP contribution in [0.4, 0.5) is 4.39 Å². The van der Waals surface area contributed by atoms with Gasteiger partial charge >= 0.3 is 0 Å². The van der Waals surface area contributed by atoms with Crippen LogP contribution in [-0.4, -0.2) is 18.1 Å². The first-order chi connectivity index (χ1) is 8.84. The monoisotopic (exact) mass is 246 g/mol. The summed E-state index contributed by atoms with van der Waals surface area (Å²) in [6.07, 6.45) is 1.76. The van der Waals surface area contributed by atoms with E-state index in [0.29, 0.717) is 25.4 Å². The second-order valence-electron chi connectivity index (χ2n) is 3.80. The van der Waals surface area contributed by atoms with Gasteiger partial charge in [-0.2, -0.15) is 0 Å². The normalized spacial score (nSPS) is 10.3. The topological polar surface area (TPSA) is 34.1 Å². The Labute approximate surface area is 106 Å². The molecule has 2 aromatic rings. The lowest BCUT2D eigenvalue weighted by Gasteiger charge is -2.07. The Balaban J connectivity index is 1.65. The molecule has 1 heterocycles. The maximum atomic E-state index is 12.9. The molecule has 0 aliphatic heterocycles. The van der Waals surface area contributed by atoms with Crippen LogP contribution in [0, 0.1) is 5.82 Å². The molecule has 0 aliphatic carbocycles. The van der Waals surface area contributed by atoms with E-state index in [2.05, 4.69) is 10.3 Å². The molecule has 0 saturated heterocycles. The van der Waals surface area contributed by atoms with Gasteiger partial charge in [-0.05, 0) is 24.3 Å². The van der Waals surface area contributed by atoms with E-state index in [0.717, 1.165) is 5.69 Å². The second-order valence-corrected chi connectivity index (χ2v) is 3.80. The van der Waals surface area contributed by atoms with Crippen molar-refractivity contribution in [1.82, 2.24) is 10.3 Å². The van der Waals surface area contributed by atoms with Gasteiger partial charge in [0.2, 0.25) is 0 Å². The van der Waals surface area contributed by atoms with Crippen molar-refractivity contribution >= 4 is 0 Å². The van der Waals surface area contributed by atoms with Crippen LogP contribution in [0.15, 0.2) is 48.7 Å². The number of hydrogen-bond donors (Lipinski definition) is 1. The fourth-order valence-electron chi connectivity index (χ4n) is 1.52. The van der Waals surface area contributed by atoms with E-state index in [4.69, 9.17) is 4.74 Å². The summed E-state index contributed by atoms with van der Waals surface area (Å²) in [7, 11) is 0. The smallest absolute Gasteiger partial charge is 0.126 e. The minimum absolute atomic E-state index is 0.283. The maximum absolute atomic E-state index is 12.9.